The van der Waals surface area contributed by atoms with Crippen molar-refractivity contribution in [1.29, 1.82) is 0 Å². The van der Waals surface area contributed by atoms with Crippen molar-refractivity contribution in [1.82, 2.24) is 21.3 Å². The van der Waals surface area contributed by atoms with Crippen molar-refractivity contribution in [3.05, 3.63) is 71.8 Å². The average Bonchev–Trinajstić information content (AvgIpc) is 3.13. The smallest absolute Gasteiger partial charge is 0.307 e. The van der Waals surface area contributed by atoms with E-state index in [4.69, 9.17) is 5.73 Å². The van der Waals surface area contributed by atoms with E-state index in [1.165, 1.54) is 0 Å². The van der Waals surface area contributed by atoms with Crippen LogP contribution in [0.2, 0.25) is 0 Å². The van der Waals surface area contributed by atoms with Crippen molar-refractivity contribution in [3.8, 4) is 0 Å². The molecule has 0 saturated carbocycles. The number of hydrogen-bond donors (Lipinski definition) is 8. The Morgan fingerprint density at radius 2 is 1.26 bits per heavy atom. The van der Waals surface area contributed by atoms with Crippen LogP contribution in [0.15, 0.2) is 60.7 Å². The summed E-state index contributed by atoms with van der Waals surface area (Å²) in [6.07, 6.45) is 2.62. The molecule has 0 aromatic heterocycles. The van der Waals surface area contributed by atoms with Gasteiger partial charge >= 0.3 is 11.9 Å². The second-order valence-corrected chi connectivity index (χ2v) is 13.4. The minimum absolute atomic E-state index is 0.170. The molecule has 3 amide bonds. The Hall–Kier alpha value is -4.60. The minimum atomic E-state index is -1.55. The normalized spacial score (nSPS) is 13.8. The molecule has 0 aliphatic carbocycles. The largest absolute Gasteiger partial charge is 0.481 e. The molecule has 0 heterocycles. The molecule has 2 rings (SSSR count). The molecule has 15 heteroatoms. The Bertz CT molecular complexity index is 1500. The first-order valence-electron chi connectivity index (χ1n) is 17.8. The molecule has 0 aliphatic heterocycles. The molecule has 0 aliphatic rings. The fraction of sp³-hybridized carbons (Fsp3) is 0.500. The van der Waals surface area contributed by atoms with Crippen LogP contribution in [-0.2, 0) is 46.4 Å². The second kappa shape index (κ2) is 24.6. The number of aliphatic carboxylic acids is 2. The zero-order valence-corrected chi connectivity index (χ0v) is 31.0. The summed E-state index contributed by atoms with van der Waals surface area (Å²) in [6.45, 7) is 0.490. The summed E-state index contributed by atoms with van der Waals surface area (Å²) >= 11 is 3.92. The number of ketones is 2. The molecule has 0 fully saturated rings. The van der Waals surface area contributed by atoms with E-state index in [-0.39, 0.29) is 43.1 Å². The van der Waals surface area contributed by atoms with Crippen molar-refractivity contribution in [3.63, 3.8) is 0 Å². The molecule has 2 aromatic carbocycles. The van der Waals surface area contributed by atoms with E-state index in [9.17, 15) is 43.8 Å². The Morgan fingerprint density at radius 1 is 0.698 bits per heavy atom. The van der Waals surface area contributed by atoms with E-state index in [1.807, 2.05) is 55.6 Å². The van der Waals surface area contributed by atoms with E-state index in [0.717, 1.165) is 36.9 Å². The van der Waals surface area contributed by atoms with Crippen molar-refractivity contribution in [2.24, 2.45) is 17.6 Å². The number of thiol groups is 1. The lowest BCUT2D eigenvalue weighted by Crippen LogP contribution is -2.53. The zero-order valence-electron chi connectivity index (χ0n) is 30.1. The number of benzene rings is 2. The Balaban J connectivity index is 2.16. The zero-order chi connectivity index (χ0) is 39.2. The van der Waals surface area contributed by atoms with Gasteiger partial charge in [0, 0.05) is 37.5 Å². The maximum Gasteiger partial charge on any atom is 0.307 e. The number of hydrogen-bond acceptors (Lipinski definition) is 10. The van der Waals surface area contributed by atoms with E-state index in [0.29, 0.717) is 6.42 Å². The lowest BCUT2D eigenvalue weighted by molar-refractivity contribution is -0.143. The van der Waals surface area contributed by atoms with Gasteiger partial charge < -0.3 is 37.2 Å². The molecule has 0 saturated heterocycles. The third kappa shape index (κ3) is 17.6. The van der Waals surface area contributed by atoms with Crippen LogP contribution in [0.4, 0.5) is 0 Å². The first-order chi connectivity index (χ1) is 25.3. The molecule has 290 valence electrons. The summed E-state index contributed by atoms with van der Waals surface area (Å²) in [5, 5.41) is 29.4. The number of rotatable bonds is 27. The van der Waals surface area contributed by atoms with Gasteiger partial charge in [-0.05, 0) is 50.4 Å². The van der Waals surface area contributed by atoms with Gasteiger partial charge in [0.2, 0.25) is 17.7 Å². The Labute approximate surface area is 315 Å². The fourth-order valence-electron chi connectivity index (χ4n) is 5.61. The Morgan fingerprint density at radius 3 is 1.83 bits per heavy atom. The number of carbonyl (C=O) groups excluding carboxylic acids is 5. The number of carboxylic acids is 2. The molecule has 14 nitrogen and oxygen atoms in total. The van der Waals surface area contributed by atoms with Crippen molar-refractivity contribution < 1.29 is 43.8 Å². The van der Waals surface area contributed by atoms with Crippen LogP contribution in [0.25, 0.3) is 0 Å². The summed E-state index contributed by atoms with van der Waals surface area (Å²) in [7, 11) is 1.89. The first kappa shape index (κ1) is 44.6. The highest BCUT2D eigenvalue weighted by Gasteiger charge is 2.31. The maximum atomic E-state index is 13.9. The summed E-state index contributed by atoms with van der Waals surface area (Å²) < 4.78 is 0. The van der Waals surface area contributed by atoms with Crippen LogP contribution in [-0.4, -0.2) is 95.5 Å². The highest BCUT2D eigenvalue weighted by Crippen LogP contribution is 2.17. The van der Waals surface area contributed by atoms with E-state index in [2.05, 4.69) is 33.9 Å². The molecule has 0 spiro atoms. The van der Waals surface area contributed by atoms with Crippen LogP contribution in [0.3, 0.4) is 0 Å². The van der Waals surface area contributed by atoms with Crippen molar-refractivity contribution >= 4 is 53.9 Å². The molecular weight excluding hydrogens is 703 g/mol. The van der Waals surface area contributed by atoms with E-state index in [1.54, 1.807) is 12.1 Å². The van der Waals surface area contributed by atoms with Crippen LogP contribution in [0.1, 0.15) is 62.5 Å². The number of nitrogens with one attached hydrogen (secondary N) is 4. The third-order valence-corrected chi connectivity index (χ3v) is 9.11. The molecular formula is C38H53N5O9S. The summed E-state index contributed by atoms with van der Waals surface area (Å²) in [5.41, 5.74) is 7.64. The van der Waals surface area contributed by atoms with Gasteiger partial charge in [-0.15, -0.1) is 0 Å². The molecule has 0 bridgehead atoms. The SMILES string of the molecule is CNCCCCCCC(=O)NC(Cc1ccccc1)C(=O)CC(Cc1ccccc1)C(=O)NCC(N)C(=O)N[C@@H](CC(=O)O)C(=O)C[C@H](CS)C(=O)O. The monoisotopic (exact) mass is 755 g/mol. The maximum absolute atomic E-state index is 13.9. The molecule has 8 N–H and O–H groups in total. The van der Waals surface area contributed by atoms with Gasteiger partial charge in [-0.25, -0.2) is 0 Å². The standard InChI is InChI=1S/C38H53N5O9S/c1-40-17-11-3-2-10-16-34(46)42-30(19-26-14-8-5-9-15-26)32(44)20-27(18-25-12-6-4-7-13-25)36(49)41-23-29(39)37(50)43-31(22-35(47)48)33(45)21-28(24-53)38(51)52/h4-9,12-15,27-31,40,53H,2-3,10-11,16-24,39H2,1H3,(H,41,49)(H,42,46)(H,43,50)(H,47,48)(H,51,52)/t27?,28-,29?,30?,31+/m1/s1. The minimum Gasteiger partial charge on any atom is -0.481 e. The lowest BCUT2D eigenvalue weighted by Gasteiger charge is -2.23. The summed E-state index contributed by atoms with van der Waals surface area (Å²) in [6, 6.07) is 14.4. The molecule has 2 aromatic rings. The number of nitrogens with two attached hydrogens (primary N) is 1. The van der Waals surface area contributed by atoms with E-state index < -0.39 is 78.9 Å². The number of amides is 3. The van der Waals surface area contributed by atoms with Crippen molar-refractivity contribution in [2.45, 2.75) is 82.3 Å². The Kier molecular flexibility index (Phi) is 20.7. The highest BCUT2D eigenvalue weighted by molar-refractivity contribution is 7.80. The van der Waals surface area contributed by atoms with Crippen LogP contribution >= 0.6 is 12.6 Å². The molecule has 53 heavy (non-hydrogen) atoms. The topological polar surface area (TPSA) is 234 Å². The van der Waals surface area contributed by atoms with Crippen LogP contribution in [0, 0.1) is 11.8 Å². The third-order valence-electron chi connectivity index (χ3n) is 8.66. The molecule has 0 radical (unpaired) electrons. The van der Waals surface area contributed by atoms with Gasteiger partial charge in [0.25, 0.3) is 0 Å². The van der Waals surface area contributed by atoms with Gasteiger partial charge in [-0.1, -0.05) is 73.5 Å². The summed E-state index contributed by atoms with van der Waals surface area (Å²) in [4.78, 5) is 88.9. The number of carbonyl (C=O) groups is 7. The number of unbranched alkanes of at least 4 members (excludes halogenated alkanes) is 3. The quantitative estimate of drug-likeness (QED) is 0.0483. The number of carboxylic acid groups (broad SMARTS) is 2. The second-order valence-electron chi connectivity index (χ2n) is 13.0. The molecule has 5 atom stereocenters. The van der Waals surface area contributed by atoms with Gasteiger partial charge in [0.15, 0.2) is 11.6 Å². The van der Waals surface area contributed by atoms with Crippen LogP contribution < -0.4 is 27.0 Å². The van der Waals surface area contributed by atoms with Crippen LogP contribution in [0.5, 0.6) is 0 Å². The summed E-state index contributed by atoms with van der Waals surface area (Å²) in [5.74, 6) is -7.89. The van der Waals surface area contributed by atoms with E-state index >= 15 is 0 Å². The highest BCUT2D eigenvalue weighted by atomic mass is 32.1. The predicted molar refractivity (Wildman–Crippen MR) is 202 cm³/mol. The fourth-order valence-corrected chi connectivity index (χ4v) is 5.89. The van der Waals surface area contributed by atoms with Gasteiger partial charge in [-0.3, -0.25) is 33.6 Å². The first-order valence-corrected chi connectivity index (χ1v) is 18.4. The van der Waals surface area contributed by atoms with Gasteiger partial charge in [-0.2, -0.15) is 12.6 Å². The predicted octanol–water partition coefficient (Wildman–Crippen LogP) is 1.69. The number of Topliss-reactive ketones (excluding diaryl/α,β-unsaturated/α-hetero) is 2. The average molecular weight is 756 g/mol. The molecule has 3 unspecified atom stereocenters. The van der Waals surface area contributed by atoms with Gasteiger partial charge in [0.05, 0.1) is 24.4 Å². The van der Waals surface area contributed by atoms with Crippen molar-refractivity contribution in [2.75, 3.05) is 25.9 Å². The van der Waals surface area contributed by atoms with Gasteiger partial charge in [0.1, 0.15) is 6.04 Å². The lowest BCUT2D eigenvalue weighted by atomic mass is 9.89.